The minimum absolute atomic E-state index is 0.117. The number of fused-ring (bicyclic) bond motifs is 1. The van der Waals surface area contributed by atoms with Crippen molar-refractivity contribution in [2.24, 2.45) is 0 Å². The minimum Gasteiger partial charge on any atom is -0.490 e. The fraction of sp³-hybridized carbons (Fsp3) is 0.600. The van der Waals surface area contributed by atoms with Crippen LogP contribution >= 0.6 is 0 Å². The number of hydrogen-bond donors (Lipinski definition) is 0. The van der Waals surface area contributed by atoms with E-state index < -0.39 is 10.0 Å². The Morgan fingerprint density at radius 3 is 2.43 bits per heavy atom. The lowest BCUT2D eigenvalue weighted by atomic mass is 10.3. The van der Waals surface area contributed by atoms with E-state index in [9.17, 15) is 8.42 Å². The number of nitrogens with zero attached hydrogens (tertiary/aromatic N) is 1. The standard InChI is InChI=1S/C15H21NO4S/c1-16(12-5-2-3-6-12)21(17,18)13-7-8-14-15(11-13)20-10-4-9-19-14/h7-8,11-12H,2-6,9-10H2,1H3. The second-order valence-electron chi connectivity index (χ2n) is 5.62. The third-order valence-corrected chi connectivity index (χ3v) is 6.14. The van der Waals surface area contributed by atoms with E-state index in [1.54, 1.807) is 25.2 Å². The highest BCUT2D eigenvalue weighted by Crippen LogP contribution is 2.34. The molecule has 0 amide bonds. The lowest BCUT2D eigenvalue weighted by Gasteiger charge is -2.24. The summed E-state index contributed by atoms with van der Waals surface area (Å²) < 4.78 is 38.1. The van der Waals surface area contributed by atoms with Crippen LogP contribution in [0.5, 0.6) is 11.5 Å². The van der Waals surface area contributed by atoms with Crippen LogP contribution in [0.2, 0.25) is 0 Å². The van der Waals surface area contributed by atoms with Crippen molar-refractivity contribution in [2.45, 2.75) is 43.0 Å². The smallest absolute Gasteiger partial charge is 0.243 e. The molecule has 0 radical (unpaired) electrons. The van der Waals surface area contributed by atoms with Crippen molar-refractivity contribution in [1.82, 2.24) is 4.31 Å². The van der Waals surface area contributed by atoms with Gasteiger partial charge in [-0.05, 0) is 25.0 Å². The van der Waals surface area contributed by atoms with Crippen molar-refractivity contribution >= 4 is 10.0 Å². The third-order valence-electron chi connectivity index (χ3n) is 4.23. The second kappa shape index (κ2) is 5.85. The van der Waals surface area contributed by atoms with Gasteiger partial charge in [0.2, 0.25) is 10.0 Å². The molecular weight excluding hydrogens is 290 g/mol. The van der Waals surface area contributed by atoms with Gasteiger partial charge in [-0.1, -0.05) is 12.8 Å². The molecule has 116 valence electrons. The molecule has 0 unspecified atom stereocenters. The molecule has 1 fully saturated rings. The van der Waals surface area contributed by atoms with Crippen LogP contribution < -0.4 is 9.47 Å². The first-order valence-corrected chi connectivity index (χ1v) is 8.91. The van der Waals surface area contributed by atoms with E-state index in [1.807, 2.05) is 0 Å². The zero-order valence-corrected chi connectivity index (χ0v) is 13.1. The molecule has 0 saturated heterocycles. The number of benzene rings is 1. The molecule has 1 heterocycles. The highest BCUT2D eigenvalue weighted by atomic mass is 32.2. The lowest BCUT2D eigenvalue weighted by molar-refractivity contribution is 0.296. The quantitative estimate of drug-likeness (QED) is 0.860. The molecule has 3 rings (SSSR count). The van der Waals surface area contributed by atoms with E-state index in [0.29, 0.717) is 24.7 Å². The minimum atomic E-state index is -3.47. The average molecular weight is 311 g/mol. The molecule has 0 aromatic heterocycles. The summed E-state index contributed by atoms with van der Waals surface area (Å²) in [6.45, 7) is 1.15. The molecule has 2 aliphatic rings. The zero-order chi connectivity index (χ0) is 14.9. The van der Waals surface area contributed by atoms with Gasteiger partial charge in [-0.3, -0.25) is 0 Å². The number of rotatable bonds is 3. The monoisotopic (exact) mass is 311 g/mol. The van der Waals surface area contributed by atoms with Crippen LogP contribution in [-0.4, -0.2) is 39.0 Å². The first-order chi connectivity index (χ1) is 10.1. The maximum atomic E-state index is 12.7. The Hall–Kier alpha value is -1.27. The summed E-state index contributed by atoms with van der Waals surface area (Å²) in [5.74, 6) is 1.14. The van der Waals surface area contributed by atoms with Crippen LogP contribution in [0.1, 0.15) is 32.1 Å². The molecule has 21 heavy (non-hydrogen) atoms. The van der Waals surface area contributed by atoms with Crippen molar-refractivity contribution in [1.29, 1.82) is 0 Å². The Labute approximate surface area is 125 Å². The molecule has 0 atom stereocenters. The van der Waals surface area contributed by atoms with Crippen LogP contribution in [-0.2, 0) is 10.0 Å². The van der Waals surface area contributed by atoms with Crippen LogP contribution in [0.4, 0.5) is 0 Å². The van der Waals surface area contributed by atoms with E-state index in [0.717, 1.165) is 32.1 Å². The molecule has 6 heteroatoms. The number of sulfonamides is 1. The molecule has 1 aliphatic heterocycles. The summed E-state index contributed by atoms with van der Waals surface area (Å²) in [5.41, 5.74) is 0. The molecule has 0 bridgehead atoms. The van der Waals surface area contributed by atoms with Gasteiger partial charge in [0.25, 0.3) is 0 Å². The van der Waals surface area contributed by atoms with Gasteiger partial charge in [-0.25, -0.2) is 8.42 Å². The van der Waals surface area contributed by atoms with E-state index in [4.69, 9.17) is 9.47 Å². The van der Waals surface area contributed by atoms with Gasteiger partial charge in [0.05, 0.1) is 18.1 Å². The highest BCUT2D eigenvalue weighted by molar-refractivity contribution is 7.89. The first-order valence-electron chi connectivity index (χ1n) is 7.47. The van der Waals surface area contributed by atoms with Gasteiger partial charge in [0, 0.05) is 25.6 Å². The van der Waals surface area contributed by atoms with E-state index >= 15 is 0 Å². The Balaban J connectivity index is 1.90. The van der Waals surface area contributed by atoms with Gasteiger partial charge in [-0.15, -0.1) is 0 Å². The predicted molar refractivity (Wildman–Crippen MR) is 79.3 cm³/mol. The van der Waals surface area contributed by atoms with Gasteiger partial charge in [-0.2, -0.15) is 4.31 Å². The van der Waals surface area contributed by atoms with Crippen molar-refractivity contribution in [3.05, 3.63) is 18.2 Å². The third kappa shape index (κ3) is 2.87. The van der Waals surface area contributed by atoms with E-state index in [1.165, 1.54) is 4.31 Å². The first kappa shape index (κ1) is 14.7. The van der Waals surface area contributed by atoms with E-state index in [-0.39, 0.29) is 10.9 Å². The Morgan fingerprint density at radius 2 is 1.71 bits per heavy atom. The molecule has 5 nitrogen and oxygen atoms in total. The summed E-state index contributed by atoms with van der Waals surface area (Å²) in [6, 6.07) is 5.00. The summed E-state index contributed by atoms with van der Waals surface area (Å²) in [7, 11) is -1.80. The number of ether oxygens (including phenoxy) is 2. The second-order valence-corrected chi connectivity index (χ2v) is 7.62. The maximum absolute atomic E-state index is 12.7. The Morgan fingerprint density at radius 1 is 1.05 bits per heavy atom. The molecule has 0 N–H and O–H groups in total. The van der Waals surface area contributed by atoms with E-state index in [2.05, 4.69) is 0 Å². The van der Waals surface area contributed by atoms with Gasteiger partial charge in [0.15, 0.2) is 11.5 Å². The van der Waals surface area contributed by atoms with Gasteiger partial charge >= 0.3 is 0 Å². The average Bonchev–Trinajstić information content (AvgIpc) is 2.91. The molecule has 1 aromatic carbocycles. The highest BCUT2D eigenvalue weighted by Gasteiger charge is 2.30. The van der Waals surface area contributed by atoms with Crippen molar-refractivity contribution in [3.8, 4) is 11.5 Å². The molecule has 1 saturated carbocycles. The fourth-order valence-corrected chi connectivity index (χ4v) is 4.37. The topological polar surface area (TPSA) is 55.8 Å². The Bertz CT molecular complexity index is 608. The molecular formula is C15H21NO4S. The van der Waals surface area contributed by atoms with Crippen LogP contribution in [0.25, 0.3) is 0 Å². The maximum Gasteiger partial charge on any atom is 0.243 e. The largest absolute Gasteiger partial charge is 0.490 e. The summed E-state index contributed by atoms with van der Waals surface area (Å²) in [6.07, 6.45) is 4.90. The molecule has 1 aromatic rings. The zero-order valence-electron chi connectivity index (χ0n) is 12.2. The van der Waals surface area contributed by atoms with Crippen LogP contribution in [0.15, 0.2) is 23.1 Å². The number of hydrogen-bond acceptors (Lipinski definition) is 4. The van der Waals surface area contributed by atoms with Crippen molar-refractivity contribution < 1.29 is 17.9 Å². The summed E-state index contributed by atoms with van der Waals surface area (Å²) in [5, 5.41) is 0. The molecule has 1 aliphatic carbocycles. The van der Waals surface area contributed by atoms with Crippen molar-refractivity contribution in [3.63, 3.8) is 0 Å². The molecule has 0 spiro atoms. The Kier molecular flexibility index (Phi) is 4.08. The summed E-state index contributed by atoms with van der Waals surface area (Å²) >= 11 is 0. The SMILES string of the molecule is CN(C1CCCC1)S(=O)(=O)c1ccc2c(c1)OCCCO2. The van der Waals surface area contributed by atoms with Crippen LogP contribution in [0, 0.1) is 0 Å². The predicted octanol–water partition coefficient (Wildman–Crippen LogP) is 2.41. The van der Waals surface area contributed by atoms with Crippen LogP contribution in [0.3, 0.4) is 0 Å². The van der Waals surface area contributed by atoms with Crippen molar-refractivity contribution in [2.75, 3.05) is 20.3 Å². The van der Waals surface area contributed by atoms with Gasteiger partial charge in [0.1, 0.15) is 0 Å². The normalized spacial score (nSPS) is 19.7. The summed E-state index contributed by atoms with van der Waals surface area (Å²) in [4.78, 5) is 0.279. The van der Waals surface area contributed by atoms with Gasteiger partial charge < -0.3 is 9.47 Å². The fourth-order valence-electron chi connectivity index (χ4n) is 2.93. The lowest BCUT2D eigenvalue weighted by Crippen LogP contribution is -2.35.